The van der Waals surface area contributed by atoms with Crippen LogP contribution in [0.3, 0.4) is 0 Å². The van der Waals surface area contributed by atoms with E-state index in [2.05, 4.69) is 31.7 Å². The fourth-order valence-corrected chi connectivity index (χ4v) is 4.63. The van der Waals surface area contributed by atoms with Gasteiger partial charge in [-0.1, -0.05) is 154 Å². The number of carbonyl (C=O) groups excluding carboxylic acids is 1. The molecule has 1 aliphatic rings. The van der Waals surface area contributed by atoms with E-state index < -0.39 is 0 Å². The Hall–Kier alpha value is -1.27. The summed E-state index contributed by atoms with van der Waals surface area (Å²) in [5, 5.41) is 0. The van der Waals surface area contributed by atoms with E-state index in [9.17, 15) is 4.79 Å². The van der Waals surface area contributed by atoms with Crippen LogP contribution >= 0.6 is 0 Å². The van der Waals surface area contributed by atoms with E-state index in [1.807, 2.05) is 6.08 Å². The number of hydrogen-bond acceptors (Lipinski definition) is 2. The van der Waals surface area contributed by atoms with Crippen molar-refractivity contribution in [2.24, 2.45) is 5.92 Å². The topological polar surface area (TPSA) is 26.3 Å². The Balaban J connectivity index is 1.99. The van der Waals surface area contributed by atoms with Crippen LogP contribution in [0.1, 0.15) is 162 Å². The van der Waals surface area contributed by atoms with E-state index in [0.717, 1.165) is 12.8 Å². The van der Waals surface area contributed by atoms with Crippen molar-refractivity contribution in [3.63, 3.8) is 0 Å². The van der Waals surface area contributed by atoms with Crippen LogP contribution < -0.4 is 0 Å². The lowest BCUT2D eigenvalue weighted by molar-refractivity contribution is -0.153. The lowest BCUT2D eigenvalue weighted by atomic mass is 10.0. The summed E-state index contributed by atoms with van der Waals surface area (Å²) in [5.74, 6) is 0.411. The van der Waals surface area contributed by atoms with Crippen molar-refractivity contribution in [3.05, 3.63) is 29.7 Å². The van der Waals surface area contributed by atoms with Gasteiger partial charge in [-0.2, -0.15) is 0 Å². The van der Waals surface area contributed by atoms with Gasteiger partial charge >= 0.3 is 5.97 Å². The average molecular weight is 473 g/mol. The van der Waals surface area contributed by atoms with Crippen molar-refractivity contribution in [2.45, 2.75) is 162 Å². The molecule has 1 fully saturated rings. The van der Waals surface area contributed by atoms with Gasteiger partial charge in [-0.3, -0.25) is 4.79 Å². The highest BCUT2D eigenvalue weighted by molar-refractivity contribution is 5.84. The molecule has 196 valence electrons. The van der Waals surface area contributed by atoms with Gasteiger partial charge in [-0.15, -0.1) is 0 Å². The summed E-state index contributed by atoms with van der Waals surface area (Å²) in [6.07, 6.45) is 37.0. The van der Waals surface area contributed by atoms with Crippen molar-refractivity contribution in [3.8, 4) is 0 Å². The van der Waals surface area contributed by atoms with Crippen LogP contribution in [-0.2, 0) is 9.53 Å². The summed E-state index contributed by atoms with van der Waals surface area (Å²) in [6.45, 7) is 4.55. The van der Waals surface area contributed by atoms with E-state index >= 15 is 0 Å². The Morgan fingerprint density at radius 1 is 0.618 bits per heavy atom. The molecule has 0 aromatic carbocycles. The van der Waals surface area contributed by atoms with Gasteiger partial charge in [0, 0.05) is 0 Å². The molecule has 1 rings (SSSR count). The standard InChI is InChI=1S/C32H56O2/c1-3-5-7-9-11-13-15-17-19-21-23-25-27-29-31-30(32(33)34-31)28-26-24-22-20-18-16-14-12-10-8-6-4-2/h26-28,30H,3-25H2,1-2H3/b28-26+. The highest BCUT2D eigenvalue weighted by Gasteiger charge is 2.34. The van der Waals surface area contributed by atoms with Crippen LogP contribution in [0.15, 0.2) is 29.7 Å². The van der Waals surface area contributed by atoms with Crippen molar-refractivity contribution in [1.29, 1.82) is 0 Å². The van der Waals surface area contributed by atoms with Gasteiger partial charge in [0.15, 0.2) is 5.76 Å². The first kappa shape index (κ1) is 30.8. The Kier molecular flexibility index (Phi) is 21.2. The summed E-state index contributed by atoms with van der Waals surface area (Å²) in [7, 11) is 0. The maximum atomic E-state index is 11.8. The third-order valence-electron chi connectivity index (χ3n) is 7.00. The first-order chi connectivity index (χ1) is 16.8. The number of rotatable bonds is 24. The number of allylic oxidation sites excluding steroid dienone is 1. The minimum atomic E-state index is -0.184. The van der Waals surface area contributed by atoms with E-state index in [1.54, 1.807) is 0 Å². The van der Waals surface area contributed by atoms with Gasteiger partial charge in [-0.05, 0) is 31.8 Å². The van der Waals surface area contributed by atoms with E-state index in [0.29, 0.717) is 5.76 Å². The fourth-order valence-electron chi connectivity index (χ4n) is 4.63. The molecule has 0 bridgehead atoms. The number of cyclic esters (lactones) is 1. The van der Waals surface area contributed by atoms with Gasteiger partial charge in [0.25, 0.3) is 0 Å². The summed E-state index contributed by atoms with van der Waals surface area (Å²) in [4.78, 5) is 11.8. The molecule has 0 amide bonds. The molecule has 1 atom stereocenters. The number of hydrogen-bond donors (Lipinski definition) is 0. The second kappa shape index (κ2) is 23.5. The third kappa shape index (κ3) is 17.2. The first-order valence-electron chi connectivity index (χ1n) is 15.1. The first-order valence-corrected chi connectivity index (χ1v) is 15.1. The van der Waals surface area contributed by atoms with Crippen LogP contribution in [-0.4, -0.2) is 5.97 Å². The molecule has 0 aliphatic carbocycles. The van der Waals surface area contributed by atoms with Crippen LogP contribution in [0.25, 0.3) is 0 Å². The van der Waals surface area contributed by atoms with Crippen LogP contribution in [0.2, 0.25) is 0 Å². The second-order valence-electron chi connectivity index (χ2n) is 10.3. The highest BCUT2D eigenvalue weighted by atomic mass is 16.6. The van der Waals surface area contributed by atoms with Gasteiger partial charge in [-0.25, -0.2) is 0 Å². The minimum absolute atomic E-state index is 0.120. The molecule has 0 N–H and O–H groups in total. The largest absolute Gasteiger partial charge is 0.420 e. The molecule has 1 heterocycles. The number of carbonyl (C=O) groups is 1. The summed E-state index contributed by atoms with van der Waals surface area (Å²) < 4.78 is 5.20. The van der Waals surface area contributed by atoms with Crippen molar-refractivity contribution < 1.29 is 9.53 Å². The third-order valence-corrected chi connectivity index (χ3v) is 7.00. The number of esters is 1. The highest BCUT2D eigenvalue weighted by Crippen LogP contribution is 2.27. The molecule has 34 heavy (non-hydrogen) atoms. The van der Waals surface area contributed by atoms with Crippen molar-refractivity contribution in [1.82, 2.24) is 0 Å². The predicted octanol–water partition coefficient (Wildman–Crippen LogP) is 10.8. The number of ether oxygens (including phenoxy) is 1. The van der Waals surface area contributed by atoms with E-state index in [4.69, 9.17) is 4.74 Å². The molecule has 0 aromatic rings. The lowest BCUT2D eigenvalue weighted by Gasteiger charge is -2.23. The summed E-state index contributed by atoms with van der Waals surface area (Å²) >= 11 is 0. The maximum absolute atomic E-state index is 11.8. The minimum Gasteiger partial charge on any atom is -0.420 e. The molecule has 0 aromatic heterocycles. The molecule has 0 radical (unpaired) electrons. The Bertz CT molecular complexity index is 568. The second-order valence-corrected chi connectivity index (χ2v) is 10.3. The zero-order chi connectivity index (χ0) is 24.5. The van der Waals surface area contributed by atoms with E-state index in [-0.39, 0.29) is 11.9 Å². The molecule has 1 unspecified atom stereocenters. The maximum Gasteiger partial charge on any atom is 0.326 e. The zero-order valence-electron chi connectivity index (χ0n) is 22.9. The van der Waals surface area contributed by atoms with Crippen molar-refractivity contribution >= 4 is 5.97 Å². The molecule has 2 heteroatoms. The normalized spacial score (nSPS) is 15.4. The molecule has 0 saturated carbocycles. The lowest BCUT2D eigenvalue weighted by Crippen LogP contribution is -2.30. The average Bonchev–Trinajstić information content (AvgIpc) is 2.84. The molecule has 0 spiro atoms. The Morgan fingerprint density at radius 3 is 1.47 bits per heavy atom. The van der Waals surface area contributed by atoms with E-state index in [1.165, 1.54) is 135 Å². The molecule has 1 saturated heterocycles. The summed E-state index contributed by atoms with van der Waals surface area (Å²) in [6, 6.07) is 0. The van der Waals surface area contributed by atoms with Gasteiger partial charge < -0.3 is 4.74 Å². The van der Waals surface area contributed by atoms with Gasteiger partial charge in [0.05, 0.1) is 0 Å². The van der Waals surface area contributed by atoms with Gasteiger partial charge in [0.2, 0.25) is 0 Å². The van der Waals surface area contributed by atoms with Crippen molar-refractivity contribution in [2.75, 3.05) is 0 Å². The number of unbranched alkanes of at least 4 members (excludes halogenated alkanes) is 21. The Morgan fingerprint density at radius 2 is 1.03 bits per heavy atom. The quantitative estimate of drug-likeness (QED) is 0.0604. The van der Waals surface area contributed by atoms with Crippen LogP contribution in [0, 0.1) is 5.92 Å². The molecule has 2 nitrogen and oxygen atoms in total. The fraction of sp³-hybridized carbons (Fsp3) is 0.812. The predicted molar refractivity (Wildman–Crippen MR) is 148 cm³/mol. The Labute approximate surface area is 212 Å². The van der Waals surface area contributed by atoms with Gasteiger partial charge in [0.1, 0.15) is 5.92 Å². The molecular weight excluding hydrogens is 416 g/mol. The van der Waals surface area contributed by atoms with Crippen LogP contribution in [0.5, 0.6) is 0 Å². The summed E-state index contributed by atoms with van der Waals surface area (Å²) in [5.41, 5.74) is 3.23. The zero-order valence-corrected chi connectivity index (χ0v) is 22.9. The smallest absolute Gasteiger partial charge is 0.326 e. The molecular formula is C32H56O2. The molecule has 1 aliphatic heterocycles. The monoisotopic (exact) mass is 472 g/mol. The van der Waals surface area contributed by atoms with Crippen LogP contribution in [0.4, 0.5) is 0 Å². The SMILES string of the molecule is CCCCCCCCCCCC/C=C/C1C(=O)OC1=C=CCCCCCCCCCCCCC.